The van der Waals surface area contributed by atoms with Gasteiger partial charge in [-0.05, 0) is 73.8 Å². The predicted octanol–water partition coefficient (Wildman–Crippen LogP) is 3.76. The van der Waals surface area contributed by atoms with Crippen molar-refractivity contribution in [2.24, 2.45) is 5.92 Å². The van der Waals surface area contributed by atoms with E-state index < -0.39 is 31.0 Å². The molecule has 1 fully saturated rings. The molecule has 1 aliphatic rings. The highest BCUT2D eigenvalue weighted by Crippen LogP contribution is 2.34. The zero-order valence-corrected chi connectivity index (χ0v) is 19.3. The third-order valence-electron chi connectivity index (χ3n) is 5.61. The molecular formula is C25H25FN2O5S. The molecule has 178 valence electrons. The number of aliphatic hydroxyl groups is 2. The average Bonchev–Trinajstić information content (AvgIpc) is 3.58. The summed E-state index contributed by atoms with van der Waals surface area (Å²) in [4.78, 5) is 25.2. The Bertz CT molecular complexity index is 1170. The lowest BCUT2D eigenvalue weighted by atomic mass is 10.1. The normalized spacial score (nSPS) is 14.1. The van der Waals surface area contributed by atoms with E-state index in [1.54, 1.807) is 30.3 Å². The summed E-state index contributed by atoms with van der Waals surface area (Å²) in [5, 5.41) is 20.5. The van der Waals surface area contributed by atoms with Gasteiger partial charge >= 0.3 is 0 Å². The van der Waals surface area contributed by atoms with E-state index in [1.807, 2.05) is 13.0 Å². The largest absolute Gasteiger partial charge is 0.485 e. The number of ether oxygens (including phenoxy) is 1. The van der Waals surface area contributed by atoms with E-state index in [4.69, 9.17) is 14.9 Å². The summed E-state index contributed by atoms with van der Waals surface area (Å²) in [6, 6.07) is 12.2. The monoisotopic (exact) mass is 484 g/mol. The van der Waals surface area contributed by atoms with Crippen LogP contribution in [0.3, 0.4) is 0 Å². The van der Waals surface area contributed by atoms with Crippen molar-refractivity contribution in [2.45, 2.75) is 31.9 Å². The number of nitrogens with zero attached hydrogens (tertiary/aromatic N) is 1. The Kier molecular flexibility index (Phi) is 7.35. The Hall–Kier alpha value is -3.14. The summed E-state index contributed by atoms with van der Waals surface area (Å²) in [5.41, 5.74) is 1.57. The van der Waals surface area contributed by atoms with Crippen molar-refractivity contribution in [1.29, 1.82) is 0 Å². The average molecular weight is 485 g/mol. The van der Waals surface area contributed by atoms with Gasteiger partial charge in [0, 0.05) is 17.0 Å². The van der Waals surface area contributed by atoms with E-state index in [2.05, 4.69) is 9.69 Å². The third-order valence-corrected chi connectivity index (χ3v) is 6.56. The Morgan fingerprint density at radius 3 is 2.47 bits per heavy atom. The minimum atomic E-state index is -0.857. The fourth-order valence-corrected chi connectivity index (χ4v) is 4.15. The first-order valence-corrected chi connectivity index (χ1v) is 11.8. The van der Waals surface area contributed by atoms with Gasteiger partial charge in [0.15, 0.2) is 5.78 Å². The van der Waals surface area contributed by atoms with Gasteiger partial charge in [0.05, 0.1) is 35.4 Å². The Labute approximate surface area is 200 Å². The maximum Gasteiger partial charge on any atom is 0.254 e. The first kappa shape index (κ1) is 24.0. The number of carbonyl (C=O) groups is 2. The molecule has 1 aliphatic carbocycles. The number of benzene rings is 2. The predicted molar refractivity (Wildman–Crippen MR) is 125 cm³/mol. The van der Waals surface area contributed by atoms with Crippen LogP contribution >= 0.6 is 11.5 Å². The Morgan fingerprint density at radius 1 is 1.15 bits per heavy atom. The van der Waals surface area contributed by atoms with Crippen LogP contribution in [-0.4, -0.2) is 45.5 Å². The lowest BCUT2D eigenvalue weighted by molar-refractivity contribution is 0.0875. The summed E-state index contributed by atoms with van der Waals surface area (Å²) in [5.74, 6) is -0.454. The number of rotatable bonds is 10. The van der Waals surface area contributed by atoms with Crippen molar-refractivity contribution in [2.75, 3.05) is 13.2 Å². The zero-order valence-electron chi connectivity index (χ0n) is 18.5. The topological polar surface area (TPSA) is 109 Å². The third kappa shape index (κ3) is 5.49. The molecular weight excluding hydrogens is 459 g/mol. The molecule has 1 atom stereocenters. The summed E-state index contributed by atoms with van der Waals surface area (Å²) < 4.78 is 25.0. The molecule has 7 nitrogen and oxygen atoms in total. The van der Waals surface area contributed by atoms with E-state index >= 15 is 0 Å². The van der Waals surface area contributed by atoms with E-state index in [0.29, 0.717) is 22.6 Å². The number of halogens is 1. The summed E-state index contributed by atoms with van der Waals surface area (Å²) in [6.07, 6.45) is 1.63. The standard InChI is InChI=1S/C25H25FN2O5S/c1-14(33-19-7-4-16(5-8-19)24(31)15-2-3-15)23-11-22(28-34-23)17-6-9-20(21(26)10-17)25(32)27-18(12-29)13-30/h4-11,14-15,18,29-30H,2-3,12-13H2,1H3,(H,27,32)/t14-/m0/s1. The molecule has 2 aromatic carbocycles. The van der Waals surface area contributed by atoms with Crippen molar-refractivity contribution in [3.8, 4) is 17.0 Å². The lowest BCUT2D eigenvalue weighted by Gasteiger charge is -2.14. The van der Waals surface area contributed by atoms with Crippen LogP contribution in [-0.2, 0) is 0 Å². The van der Waals surface area contributed by atoms with Crippen molar-refractivity contribution >= 4 is 23.2 Å². The highest BCUT2D eigenvalue weighted by atomic mass is 32.1. The molecule has 4 rings (SSSR count). The highest BCUT2D eigenvalue weighted by Gasteiger charge is 2.30. The van der Waals surface area contributed by atoms with Crippen LogP contribution in [0.5, 0.6) is 5.75 Å². The van der Waals surface area contributed by atoms with Crippen molar-refractivity contribution in [3.63, 3.8) is 0 Å². The van der Waals surface area contributed by atoms with Crippen LogP contribution in [0.2, 0.25) is 0 Å². The minimum absolute atomic E-state index is 0.174. The molecule has 0 unspecified atom stereocenters. The minimum Gasteiger partial charge on any atom is -0.485 e. The number of aliphatic hydroxyl groups excluding tert-OH is 2. The molecule has 0 saturated heterocycles. The van der Waals surface area contributed by atoms with Crippen molar-refractivity contribution < 1.29 is 28.9 Å². The van der Waals surface area contributed by atoms with Gasteiger partial charge in [-0.3, -0.25) is 9.59 Å². The zero-order chi connectivity index (χ0) is 24.2. The van der Waals surface area contributed by atoms with Crippen LogP contribution in [0.4, 0.5) is 4.39 Å². The van der Waals surface area contributed by atoms with Crippen molar-refractivity contribution in [3.05, 3.63) is 70.4 Å². The molecule has 0 bridgehead atoms. The second-order valence-electron chi connectivity index (χ2n) is 8.27. The summed E-state index contributed by atoms with van der Waals surface area (Å²) in [6.45, 7) is 0.979. The number of hydrogen-bond donors (Lipinski definition) is 3. The first-order valence-electron chi connectivity index (χ1n) is 11.0. The Balaban J connectivity index is 1.41. The fraction of sp³-hybridized carbons (Fsp3) is 0.320. The number of carbonyl (C=O) groups excluding carboxylic acids is 2. The van der Waals surface area contributed by atoms with Crippen LogP contribution in [0.15, 0.2) is 48.5 Å². The molecule has 1 aromatic heterocycles. The maximum absolute atomic E-state index is 14.6. The smallest absolute Gasteiger partial charge is 0.254 e. The molecule has 1 heterocycles. The summed E-state index contributed by atoms with van der Waals surface area (Å²) in [7, 11) is 0. The second kappa shape index (κ2) is 10.4. The molecule has 0 aliphatic heterocycles. The van der Waals surface area contributed by atoms with E-state index in [-0.39, 0.29) is 23.4 Å². The fourth-order valence-electron chi connectivity index (χ4n) is 3.43. The van der Waals surface area contributed by atoms with Gasteiger partial charge in [-0.2, -0.15) is 4.37 Å². The number of ketones is 1. The van der Waals surface area contributed by atoms with E-state index in [1.165, 1.54) is 23.7 Å². The van der Waals surface area contributed by atoms with Crippen molar-refractivity contribution in [1.82, 2.24) is 9.69 Å². The van der Waals surface area contributed by atoms with Gasteiger partial charge < -0.3 is 20.3 Å². The van der Waals surface area contributed by atoms with Crippen LogP contribution in [0.1, 0.15) is 51.5 Å². The van der Waals surface area contributed by atoms with Gasteiger partial charge in [-0.15, -0.1) is 0 Å². The molecule has 1 saturated carbocycles. The van der Waals surface area contributed by atoms with Crippen LogP contribution < -0.4 is 10.1 Å². The first-order chi connectivity index (χ1) is 16.4. The van der Waals surface area contributed by atoms with Gasteiger partial charge in [-0.25, -0.2) is 4.39 Å². The van der Waals surface area contributed by atoms with E-state index in [9.17, 15) is 14.0 Å². The second-order valence-corrected chi connectivity index (χ2v) is 9.10. The van der Waals surface area contributed by atoms with Gasteiger partial charge in [0.1, 0.15) is 17.7 Å². The molecule has 0 spiro atoms. The van der Waals surface area contributed by atoms with Gasteiger partial charge in [0.2, 0.25) is 0 Å². The van der Waals surface area contributed by atoms with Gasteiger partial charge in [-0.1, -0.05) is 6.07 Å². The van der Waals surface area contributed by atoms with Crippen LogP contribution in [0, 0.1) is 11.7 Å². The molecule has 3 aromatic rings. The number of Topliss-reactive ketones (excluding diaryl/α,β-unsaturated/α-hetero) is 1. The summed E-state index contributed by atoms with van der Waals surface area (Å²) >= 11 is 1.24. The molecule has 34 heavy (non-hydrogen) atoms. The molecule has 3 N–H and O–H groups in total. The van der Waals surface area contributed by atoms with E-state index in [0.717, 1.165) is 17.7 Å². The lowest BCUT2D eigenvalue weighted by Crippen LogP contribution is -2.40. The van der Waals surface area contributed by atoms with Crippen LogP contribution in [0.25, 0.3) is 11.3 Å². The maximum atomic E-state index is 14.6. The number of amides is 1. The quantitative estimate of drug-likeness (QED) is 0.378. The Morgan fingerprint density at radius 2 is 1.85 bits per heavy atom. The number of nitrogens with one attached hydrogen (secondary N) is 1. The van der Waals surface area contributed by atoms with Gasteiger partial charge in [0.25, 0.3) is 5.91 Å². The highest BCUT2D eigenvalue weighted by molar-refractivity contribution is 7.06. The number of hydrogen-bond acceptors (Lipinski definition) is 7. The molecule has 9 heteroatoms. The molecule has 1 amide bonds. The number of aromatic nitrogens is 1. The SMILES string of the molecule is C[C@H](Oc1ccc(C(=O)C2CC2)cc1)c1cc(-c2ccc(C(=O)NC(CO)CO)c(F)c2)ns1. The molecule has 0 radical (unpaired) electrons.